The summed E-state index contributed by atoms with van der Waals surface area (Å²) in [6, 6.07) is 61.1. The Hall–Kier alpha value is -7.43. The highest BCUT2D eigenvalue weighted by Crippen LogP contribution is 2.64. The summed E-state index contributed by atoms with van der Waals surface area (Å²) in [6.07, 6.45) is 4.52. The molecule has 11 rings (SSSR count). The van der Waals surface area contributed by atoms with Gasteiger partial charge in [0.1, 0.15) is 0 Å². The molecule has 2 aromatic heterocycles. The Morgan fingerprint density at radius 1 is 0.522 bits per heavy atom. The molecule has 0 radical (unpaired) electrons. The van der Waals surface area contributed by atoms with Crippen LogP contribution in [0.4, 0.5) is 0 Å². The summed E-state index contributed by atoms with van der Waals surface area (Å²) in [6.45, 7) is 23.7. The van der Waals surface area contributed by atoms with E-state index in [2.05, 4.69) is 212 Å². The standard InChI is InChI=1S/C63H56N4/c1-10-54-49(38-40(2)61(6,7)62(8,9)60(3,4)5)47-36-37-53-55(48-32-19-22-35-52(48)63(53)50-33-20-17-30-45(50)46-31-18-21-34-51(46)63)56(47)67(54)44-29-23-28-43(39-44)59-65-57(41-24-13-11-14-25-41)64-58(66-59)42-26-15-12-16-27-42/h10-39H,1H2,2-9H3/b40-38+. The smallest absolute Gasteiger partial charge is 0.164 e. The maximum atomic E-state index is 5.17. The molecule has 0 atom stereocenters. The van der Waals surface area contributed by atoms with Crippen molar-refractivity contribution in [2.45, 2.75) is 60.8 Å². The van der Waals surface area contributed by atoms with Gasteiger partial charge in [0.25, 0.3) is 0 Å². The van der Waals surface area contributed by atoms with Gasteiger partial charge in [0, 0.05) is 38.9 Å². The molecule has 0 saturated heterocycles. The normalized spacial score (nSPS) is 13.9. The van der Waals surface area contributed by atoms with Gasteiger partial charge in [0.2, 0.25) is 0 Å². The van der Waals surface area contributed by atoms with Crippen LogP contribution in [-0.2, 0) is 5.41 Å². The number of fused-ring (bicyclic) bond motifs is 12. The molecule has 2 aliphatic carbocycles. The van der Waals surface area contributed by atoms with Gasteiger partial charge >= 0.3 is 0 Å². The molecule has 9 aromatic rings. The van der Waals surface area contributed by atoms with Gasteiger partial charge in [-0.2, -0.15) is 0 Å². The molecule has 0 unspecified atom stereocenters. The average Bonchev–Trinajstić information content (AvgIpc) is 3.95. The van der Waals surface area contributed by atoms with Crippen LogP contribution in [0, 0.1) is 16.2 Å². The van der Waals surface area contributed by atoms with E-state index in [-0.39, 0.29) is 16.2 Å². The minimum absolute atomic E-state index is 0.0286. The molecule has 7 aromatic carbocycles. The van der Waals surface area contributed by atoms with E-state index >= 15 is 0 Å². The lowest BCUT2D eigenvalue weighted by molar-refractivity contribution is 0.0185. The first-order valence-corrected chi connectivity index (χ1v) is 23.6. The van der Waals surface area contributed by atoms with Crippen LogP contribution in [0.25, 0.3) is 85.2 Å². The molecule has 0 bridgehead atoms. The Balaban J connectivity index is 1.22. The molecular formula is C63H56N4. The summed E-state index contributed by atoms with van der Waals surface area (Å²) in [7, 11) is 0. The van der Waals surface area contributed by atoms with E-state index in [1.54, 1.807) is 0 Å². The molecule has 4 heteroatoms. The number of rotatable bonds is 8. The first kappa shape index (κ1) is 42.2. The lowest BCUT2D eigenvalue weighted by Crippen LogP contribution is -2.43. The van der Waals surface area contributed by atoms with Gasteiger partial charge in [-0.1, -0.05) is 224 Å². The summed E-state index contributed by atoms with van der Waals surface area (Å²) >= 11 is 0. The Bertz CT molecular complexity index is 3360. The quantitative estimate of drug-likeness (QED) is 0.153. The Kier molecular flexibility index (Phi) is 9.65. The fraction of sp³-hybridized carbons (Fsp3) is 0.190. The third kappa shape index (κ3) is 6.15. The van der Waals surface area contributed by atoms with E-state index in [0.717, 1.165) is 39.2 Å². The van der Waals surface area contributed by atoms with Gasteiger partial charge in [-0.25, -0.2) is 15.0 Å². The second-order valence-electron chi connectivity index (χ2n) is 20.5. The molecule has 4 nitrogen and oxygen atoms in total. The van der Waals surface area contributed by atoms with Crippen LogP contribution in [-0.4, -0.2) is 19.5 Å². The lowest BCUT2D eigenvalue weighted by Gasteiger charge is -2.51. The minimum atomic E-state index is -0.490. The molecule has 67 heavy (non-hydrogen) atoms. The predicted molar refractivity (Wildman–Crippen MR) is 280 cm³/mol. The van der Waals surface area contributed by atoms with Crippen LogP contribution in [0.1, 0.15) is 88.9 Å². The average molecular weight is 869 g/mol. The van der Waals surface area contributed by atoms with Crippen LogP contribution < -0.4 is 0 Å². The number of nitrogens with zero attached hydrogens (tertiary/aromatic N) is 4. The first-order chi connectivity index (χ1) is 32.3. The second kappa shape index (κ2) is 15.3. The van der Waals surface area contributed by atoms with Gasteiger partial charge in [-0.15, -0.1) is 0 Å². The second-order valence-corrected chi connectivity index (χ2v) is 20.5. The third-order valence-corrected chi connectivity index (χ3v) is 16.2. The van der Waals surface area contributed by atoms with Crippen molar-refractivity contribution in [3.8, 4) is 62.1 Å². The molecule has 328 valence electrons. The molecule has 2 aliphatic rings. The number of aromatic nitrogens is 4. The minimum Gasteiger partial charge on any atom is -0.309 e. The SMILES string of the molecule is C=Cc1c(/C=C(\C)C(C)(C)C(C)(C)C(C)(C)C)c2ccc3c(c2n1-c1cccc(-c2nc(-c4ccccc4)nc(-c4ccccc4)n2)c1)-c1ccccc1C31c2ccccc2-c2ccccc21. The van der Waals surface area contributed by atoms with Gasteiger partial charge in [0.05, 0.1) is 16.6 Å². The third-order valence-electron chi connectivity index (χ3n) is 16.2. The number of hydrogen-bond donors (Lipinski definition) is 0. The highest BCUT2D eigenvalue weighted by molar-refractivity contribution is 6.09. The summed E-state index contributed by atoms with van der Waals surface area (Å²) in [4.78, 5) is 15.4. The van der Waals surface area contributed by atoms with Crippen LogP contribution in [0.3, 0.4) is 0 Å². The van der Waals surface area contributed by atoms with Crippen molar-refractivity contribution in [2.75, 3.05) is 0 Å². The summed E-state index contributed by atoms with van der Waals surface area (Å²) in [5.74, 6) is 1.88. The Morgan fingerprint density at radius 2 is 1.00 bits per heavy atom. The lowest BCUT2D eigenvalue weighted by atomic mass is 9.53. The largest absolute Gasteiger partial charge is 0.309 e. The molecule has 0 aliphatic heterocycles. The van der Waals surface area contributed by atoms with Crippen molar-refractivity contribution in [1.29, 1.82) is 0 Å². The molecule has 1 spiro atoms. The zero-order valence-electron chi connectivity index (χ0n) is 39.8. The molecule has 0 fully saturated rings. The predicted octanol–water partition coefficient (Wildman–Crippen LogP) is 16.3. The number of hydrogen-bond acceptors (Lipinski definition) is 3. The number of allylic oxidation sites excluding steroid dienone is 1. The Labute approximate surface area is 395 Å². The first-order valence-electron chi connectivity index (χ1n) is 23.6. The van der Waals surface area contributed by atoms with Crippen molar-refractivity contribution in [2.24, 2.45) is 16.2 Å². The maximum Gasteiger partial charge on any atom is 0.164 e. The van der Waals surface area contributed by atoms with Gasteiger partial charge in [-0.05, 0) is 80.3 Å². The fourth-order valence-electron chi connectivity index (χ4n) is 11.2. The van der Waals surface area contributed by atoms with E-state index < -0.39 is 5.41 Å². The zero-order valence-corrected chi connectivity index (χ0v) is 39.8. The van der Waals surface area contributed by atoms with Gasteiger partial charge < -0.3 is 4.57 Å². The van der Waals surface area contributed by atoms with E-state index in [1.807, 2.05) is 36.4 Å². The van der Waals surface area contributed by atoms with Crippen LogP contribution in [0.5, 0.6) is 0 Å². The van der Waals surface area contributed by atoms with Crippen LogP contribution in [0.2, 0.25) is 0 Å². The summed E-state index contributed by atoms with van der Waals surface area (Å²) in [5.41, 5.74) is 18.2. The Morgan fingerprint density at radius 3 is 1.54 bits per heavy atom. The zero-order chi connectivity index (χ0) is 46.5. The molecular weight excluding hydrogens is 813 g/mol. The van der Waals surface area contributed by atoms with Crippen molar-refractivity contribution >= 4 is 23.1 Å². The van der Waals surface area contributed by atoms with Crippen LogP contribution in [0.15, 0.2) is 182 Å². The highest BCUT2D eigenvalue weighted by Gasteiger charge is 2.52. The molecule has 0 amide bonds. The summed E-state index contributed by atoms with van der Waals surface area (Å²) in [5, 5.41) is 1.19. The topological polar surface area (TPSA) is 43.6 Å². The van der Waals surface area contributed by atoms with Gasteiger partial charge in [0.15, 0.2) is 17.5 Å². The van der Waals surface area contributed by atoms with Crippen molar-refractivity contribution in [3.63, 3.8) is 0 Å². The monoisotopic (exact) mass is 868 g/mol. The van der Waals surface area contributed by atoms with Crippen molar-refractivity contribution in [3.05, 3.63) is 216 Å². The summed E-state index contributed by atoms with van der Waals surface area (Å²) < 4.78 is 2.46. The van der Waals surface area contributed by atoms with Crippen LogP contribution >= 0.6 is 0 Å². The fourth-order valence-corrected chi connectivity index (χ4v) is 11.2. The highest BCUT2D eigenvalue weighted by atomic mass is 15.0. The molecule has 0 N–H and O–H groups in total. The molecule has 0 saturated carbocycles. The van der Waals surface area contributed by atoms with Crippen molar-refractivity contribution < 1.29 is 0 Å². The number of benzene rings is 7. The van der Waals surface area contributed by atoms with Crippen molar-refractivity contribution in [1.82, 2.24) is 19.5 Å². The molecule has 2 heterocycles. The van der Waals surface area contributed by atoms with E-state index in [4.69, 9.17) is 15.0 Å². The van der Waals surface area contributed by atoms with E-state index in [1.165, 1.54) is 55.5 Å². The van der Waals surface area contributed by atoms with E-state index in [0.29, 0.717) is 17.5 Å². The maximum absolute atomic E-state index is 5.17. The van der Waals surface area contributed by atoms with E-state index in [9.17, 15) is 0 Å². The van der Waals surface area contributed by atoms with Gasteiger partial charge in [-0.3, -0.25) is 0 Å².